The molecule has 0 amide bonds. The molecule has 0 aliphatic carbocycles. The van der Waals surface area contributed by atoms with E-state index in [2.05, 4.69) is 22.5 Å². The summed E-state index contributed by atoms with van der Waals surface area (Å²) in [6.07, 6.45) is 1.39. The quantitative estimate of drug-likeness (QED) is 0.265. The lowest BCUT2D eigenvalue weighted by molar-refractivity contribution is -0.384. The lowest BCUT2D eigenvalue weighted by Gasteiger charge is -2.26. The molecule has 30 heavy (non-hydrogen) atoms. The first kappa shape index (κ1) is 24.2. The highest BCUT2D eigenvalue weighted by molar-refractivity contribution is 9.10. The molecule has 2 aromatic rings. The Morgan fingerprint density at radius 3 is 2.37 bits per heavy atom. The molecule has 0 radical (unpaired) electrons. The van der Waals surface area contributed by atoms with Crippen LogP contribution in [0, 0.1) is 10.1 Å². The van der Waals surface area contributed by atoms with Gasteiger partial charge in [0, 0.05) is 37.4 Å². The molecule has 8 nitrogen and oxygen atoms in total. The van der Waals surface area contributed by atoms with Gasteiger partial charge in [0.25, 0.3) is 5.69 Å². The third-order valence-corrected chi connectivity index (χ3v) is 6.77. The van der Waals surface area contributed by atoms with Crippen molar-refractivity contribution in [2.45, 2.75) is 17.6 Å². The van der Waals surface area contributed by atoms with Gasteiger partial charge in [0.2, 0.25) is 10.0 Å². The molecule has 10 heteroatoms. The van der Waals surface area contributed by atoms with Gasteiger partial charge in [0.1, 0.15) is 0 Å². The summed E-state index contributed by atoms with van der Waals surface area (Å²) in [7, 11) is -1.08. The second kappa shape index (κ2) is 10.8. The van der Waals surface area contributed by atoms with E-state index >= 15 is 0 Å². The molecule has 0 spiro atoms. The van der Waals surface area contributed by atoms with E-state index in [1.54, 1.807) is 6.08 Å². The van der Waals surface area contributed by atoms with Crippen LogP contribution in [0.15, 0.2) is 58.4 Å². The number of ether oxygens (including phenoxy) is 2. The minimum absolute atomic E-state index is 0.0331. The van der Waals surface area contributed by atoms with Crippen molar-refractivity contribution in [3.8, 4) is 0 Å². The van der Waals surface area contributed by atoms with Gasteiger partial charge in [-0.3, -0.25) is 10.1 Å². The molecule has 0 N–H and O–H groups in total. The standard InChI is InChI=1S/C20H23BrN2O6S/c1-4-15-11-16(13-17(21)12-15)9-10-22(14-20(28-2)29-3)30(26,27)19-7-5-18(6-8-19)23(24)25/h4-8,11-13,20H,1,9-10,14H2,2-3H3. The number of rotatable bonds is 11. The van der Waals surface area contributed by atoms with Crippen LogP contribution in [0.1, 0.15) is 11.1 Å². The number of benzene rings is 2. The van der Waals surface area contributed by atoms with E-state index in [-0.39, 0.29) is 23.7 Å². The second-order valence-electron chi connectivity index (χ2n) is 6.36. The Balaban J connectivity index is 2.32. The van der Waals surface area contributed by atoms with E-state index in [1.807, 2.05) is 18.2 Å². The maximum atomic E-state index is 13.2. The van der Waals surface area contributed by atoms with Crippen LogP contribution in [0.2, 0.25) is 0 Å². The molecular formula is C20H23BrN2O6S. The zero-order valence-corrected chi connectivity index (χ0v) is 19.1. The van der Waals surface area contributed by atoms with E-state index in [0.29, 0.717) is 6.42 Å². The van der Waals surface area contributed by atoms with Crippen molar-refractivity contribution in [3.05, 3.63) is 74.8 Å². The highest BCUT2D eigenvalue weighted by Crippen LogP contribution is 2.22. The third-order valence-electron chi connectivity index (χ3n) is 4.43. The average Bonchev–Trinajstić information content (AvgIpc) is 2.73. The highest BCUT2D eigenvalue weighted by Gasteiger charge is 2.27. The summed E-state index contributed by atoms with van der Waals surface area (Å²) in [4.78, 5) is 10.2. The van der Waals surface area contributed by atoms with E-state index in [9.17, 15) is 18.5 Å². The topological polar surface area (TPSA) is 99.0 Å². The molecule has 0 aromatic heterocycles. The smallest absolute Gasteiger partial charge is 0.269 e. The molecular weight excluding hydrogens is 476 g/mol. The summed E-state index contributed by atoms with van der Waals surface area (Å²) in [5.74, 6) is 0. The normalized spacial score (nSPS) is 11.8. The Bertz CT molecular complexity index is 991. The molecule has 0 bridgehead atoms. The third kappa shape index (κ3) is 6.19. The van der Waals surface area contributed by atoms with Crippen LogP contribution in [-0.2, 0) is 25.9 Å². The zero-order chi connectivity index (χ0) is 22.3. The summed E-state index contributed by atoms with van der Waals surface area (Å²) in [5.41, 5.74) is 1.66. The Morgan fingerprint density at radius 1 is 1.20 bits per heavy atom. The lowest BCUT2D eigenvalue weighted by atomic mass is 10.1. The average molecular weight is 499 g/mol. The lowest BCUT2D eigenvalue weighted by Crippen LogP contribution is -2.40. The predicted octanol–water partition coefficient (Wildman–Crippen LogP) is 3.85. The minimum Gasteiger partial charge on any atom is -0.354 e. The number of nitro benzene ring substituents is 1. The van der Waals surface area contributed by atoms with Crippen LogP contribution in [0.4, 0.5) is 5.69 Å². The van der Waals surface area contributed by atoms with Crippen LogP contribution in [0.5, 0.6) is 0 Å². The second-order valence-corrected chi connectivity index (χ2v) is 9.22. The maximum absolute atomic E-state index is 13.2. The first-order valence-corrected chi connectivity index (χ1v) is 11.2. The number of sulfonamides is 1. The van der Waals surface area contributed by atoms with Crippen molar-refractivity contribution in [2.75, 3.05) is 27.3 Å². The first-order valence-electron chi connectivity index (χ1n) is 8.93. The summed E-state index contributed by atoms with van der Waals surface area (Å²) in [6.45, 7) is 3.89. The molecule has 0 aliphatic heterocycles. The number of nitrogens with zero attached hydrogens (tertiary/aromatic N) is 2. The van der Waals surface area contributed by atoms with Crippen molar-refractivity contribution in [1.29, 1.82) is 0 Å². The Labute approximate surface area is 184 Å². The van der Waals surface area contributed by atoms with Crippen molar-refractivity contribution in [1.82, 2.24) is 4.31 Å². The van der Waals surface area contributed by atoms with E-state index in [0.717, 1.165) is 15.6 Å². The van der Waals surface area contributed by atoms with Crippen molar-refractivity contribution in [2.24, 2.45) is 0 Å². The number of methoxy groups -OCH3 is 2. The van der Waals surface area contributed by atoms with Gasteiger partial charge in [0.05, 0.1) is 16.4 Å². The van der Waals surface area contributed by atoms with Gasteiger partial charge >= 0.3 is 0 Å². The molecule has 2 rings (SSSR count). The van der Waals surface area contributed by atoms with Crippen LogP contribution >= 0.6 is 15.9 Å². The largest absolute Gasteiger partial charge is 0.354 e. The molecule has 0 atom stereocenters. The summed E-state index contributed by atoms with van der Waals surface area (Å²) >= 11 is 3.44. The Kier molecular flexibility index (Phi) is 8.68. The van der Waals surface area contributed by atoms with E-state index in [1.165, 1.54) is 42.8 Å². The SMILES string of the molecule is C=Cc1cc(Br)cc(CCN(CC(OC)OC)S(=O)(=O)c2ccc([N+](=O)[O-])cc2)c1. The predicted molar refractivity (Wildman–Crippen MR) is 118 cm³/mol. The number of halogens is 1. The molecule has 0 saturated carbocycles. The number of hydrogen-bond acceptors (Lipinski definition) is 6. The monoisotopic (exact) mass is 498 g/mol. The van der Waals surface area contributed by atoms with Crippen molar-refractivity contribution >= 4 is 37.7 Å². The maximum Gasteiger partial charge on any atom is 0.269 e. The summed E-state index contributed by atoms with van der Waals surface area (Å²) in [5, 5.41) is 10.9. The first-order chi connectivity index (χ1) is 14.2. The van der Waals surface area contributed by atoms with E-state index < -0.39 is 21.2 Å². The number of nitro groups is 1. The highest BCUT2D eigenvalue weighted by atomic mass is 79.9. The van der Waals surface area contributed by atoms with Gasteiger partial charge in [0.15, 0.2) is 6.29 Å². The Hall–Kier alpha value is -2.11. The fourth-order valence-electron chi connectivity index (χ4n) is 2.80. The molecule has 0 aliphatic rings. The van der Waals surface area contributed by atoms with Crippen molar-refractivity contribution in [3.63, 3.8) is 0 Å². The van der Waals surface area contributed by atoms with Crippen molar-refractivity contribution < 1.29 is 22.8 Å². The van der Waals surface area contributed by atoms with Gasteiger partial charge in [-0.1, -0.05) is 34.7 Å². The summed E-state index contributed by atoms with van der Waals surface area (Å²) < 4.78 is 38.9. The zero-order valence-electron chi connectivity index (χ0n) is 16.7. The van der Waals surface area contributed by atoms with Gasteiger partial charge in [-0.05, 0) is 41.8 Å². The van der Waals surface area contributed by atoms with Gasteiger partial charge in [-0.15, -0.1) is 0 Å². The van der Waals surface area contributed by atoms with Gasteiger partial charge in [-0.2, -0.15) is 4.31 Å². The Morgan fingerprint density at radius 2 is 1.83 bits per heavy atom. The fourth-order valence-corrected chi connectivity index (χ4v) is 4.79. The molecule has 162 valence electrons. The fraction of sp³-hybridized carbons (Fsp3) is 0.300. The van der Waals surface area contributed by atoms with Crippen LogP contribution in [0.25, 0.3) is 6.08 Å². The van der Waals surface area contributed by atoms with E-state index in [4.69, 9.17) is 9.47 Å². The van der Waals surface area contributed by atoms with Crippen LogP contribution < -0.4 is 0 Å². The molecule has 2 aromatic carbocycles. The number of non-ortho nitro benzene ring substituents is 1. The van der Waals surface area contributed by atoms with Crippen LogP contribution in [-0.4, -0.2) is 51.2 Å². The molecule has 0 fully saturated rings. The molecule has 0 heterocycles. The van der Waals surface area contributed by atoms with Gasteiger partial charge in [-0.25, -0.2) is 8.42 Å². The summed E-state index contributed by atoms with van der Waals surface area (Å²) in [6, 6.07) is 10.5. The van der Waals surface area contributed by atoms with Crippen LogP contribution in [0.3, 0.4) is 0 Å². The number of hydrogen-bond donors (Lipinski definition) is 0. The minimum atomic E-state index is -3.94. The molecule has 0 unspecified atom stereocenters. The molecule has 0 saturated heterocycles. The van der Waals surface area contributed by atoms with Gasteiger partial charge < -0.3 is 9.47 Å².